The number of esters is 1. The Kier molecular flexibility index (Phi) is 3.56. The van der Waals surface area contributed by atoms with Crippen molar-refractivity contribution in [3.63, 3.8) is 0 Å². The van der Waals surface area contributed by atoms with Crippen molar-refractivity contribution in [2.45, 2.75) is 12.8 Å². The molecule has 0 radical (unpaired) electrons. The molecule has 1 N–H and O–H groups in total. The molecule has 0 amide bonds. The molecule has 0 aliphatic carbocycles. The van der Waals surface area contributed by atoms with Crippen LogP contribution in [0.25, 0.3) is 0 Å². The Morgan fingerprint density at radius 1 is 1.75 bits per heavy atom. The van der Waals surface area contributed by atoms with Gasteiger partial charge in [0, 0.05) is 31.4 Å². The smallest absolute Gasteiger partial charge is 0.310 e. The minimum atomic E-state index is -0.0796. The number of aromatic amines is 1. The van der Waals surface area contributed by atoms with Gasteiger partial charge in [-0.15, -0.1) is 0 Å². The van der Waals surface area contributed by atoms with Crippen molar-refractivity contribution in [2.75, 3.05) is 26.7 Å². The number of likely N-dealkylation sites (tertiary alicyclic amines) is 1. The number of carbonyl (C=O) groups excluding carboxylic acids is 1. The second kappa shape index (κ2) is 5.12. The van der Waals surface area contributed by atoms with Crippen molar-refractivity contribution >= 4 is 5.97 Å². The molecule has 1 aromatic heterocycles. The van der Waals surface area contributed by atoms with Crippen LogP contribution in [0.5, 0.6) is 0 Å². The van der Waals surface area contributed by atoms with Gasteiger partial charge in [0.05, 0.1) is 19.4 Å². The van der Waals surface area contributed by atoms with Gasteiger partial charge in [-0.05, 0) is 13.0 Å². The van der Waals surface area contributed by atoms with Gasteiger partial charge in [0.15, 0.2) is 0 Å². The average Bonchev–Trinajstić information content (AvgIpc) is 2.96. The van der Waals surface area contributed by atoms with Crippen molar-refractivity contribution in [1.29, 1.82) is 0 Å². The van der Waals surface area contributed by atoms with Crippen molar-refractivity contribution in [1.82, 2.24) is 14.9 Å². The third kappa shape index (κ3) is 2.61. The summed E-state index contributed by atoms with van der Waals surface area (Å²) in [4.78, 5) is 20.7. The maximum atomic E-state index is 11.3. The highest BCUT2D eigenvalue weighted by atomic mass is 16.5. The fourth-order valence-electron chi connectivity index (χ4n) is 2.09. The second-order valence-electron chi connectivity index (χ2n) is 4.14. The van der Waals surface area contributed by atoms with Gasteiger partial charge < -0.3 is 14.6 Å². The summed E-state index contributed by atoms with van der Waals surface area (Å²) in [6.45, 7) is 2.77. The number of ether oxygens (including phenoxy) is 1. The van der Waals surface area contributed by atoms with Crippen LogP contribution in [-0.2, 0) is 16.0 Å². The van der Waals surface area contributed by atoms with Crippen LogP contribution in [0.4, 0.5) is 0 Å². The van der Waals surface area contributed by atoms with E-state index >= 15 is 0 Å². The number of imidazole rings is 1. The van der Waals surface area contributed by atoms with Gasteiger partial charge in [-0.3, -0.25) is 4.79 Å². The summed E-state index contributed by atoms with van der Waals surface area (Å²) in [5.74, 6) is -0.0178. The van der Waals surface area contributed by atoms with Crippen molar-refractivity contribution in [3.8, 4) is 0 Å². The molecule has 1 unspecified atom stereocenters. The standard InChI is InChI=1S/C11H17N3O2/c1-16-11(15)9-2-4-14(7-9)5-3-10-6-12-8-13-10/h6,8-9H,2-5,7H2,1H3,(H,12,13). The molecule has 0 spiro atoms. The van der Waals surface area contributed by atoms with Gasteiger partial charge >= 0.3 is 5.97 Å². The molecule has 5 heteroatoms. The summed E-state index contributed by atoms with van der Waals surface area (Å²) in [5.41, 5.74) is 1.14. The summed E-state index contributed by atoms with van der Waals surface area (Å²) in [7, 11) is 1.45. The third-order valence-electron chi connectivity index (χ3n) is 3.06. The van der Waals surface area contributed by atoms with E-state index in [1.807, 2.05) is 6.20 Å². The molecule has 1 saturated heterocycles. The molecule has 1 aromatic rings. The lowest BCUT2D eigenvalue weighted by molar-refractivity contribution is -0.144. The van der Waals surface area contributed by atoms with Crippen LogP contribution in [0, 0.1) is 5.92 Å². The zero-order valence-corrected chi connectivity index (χ0v) is 9.48. The molecule has 5 nitrogen and oxygen atoms in total. The first-order chi connectivity index (χ1) is 7.79. The number of hydrogen-bond donors (Lipinski definition) is 1. The minimum absolute atomic E-state index is 0.0618. The van der Waals surface area contributed by atoms with E-state index in [0.717, 1.165) is 38.2 Å². The maximum Gasteiger partial charge on any atom is 0.310 e. The Labute approximate surface area is 94.8 Å². The van der Waals surface area contributed by atoms with Crippen LogP contribution in [0.2, 0.25) is 0 Å². The minimum Gasteiger partial charge on any atom is -0.469 e. The van der Waals surface area contributed by atoms with Gasteiger partial charge in [0.1, 0.15) is 0 Å². The summed E-state index contributed by atoms with van der Waals surface area (Å²) in [6, 6.07) is 0. The molecule has 0 saturated carbocycles. The Morgan fingerprint density at radius 3 is 3.31 bits per heavy atom. The first-order valence-corrected chi connectivity index (χ1v) is 5.57. The summed E-state index contributed by atoms with van der Waals surface area (Å²) >= 11 is 0. The summed E-state index contributed by atoms with van der Waals surface area (Å²) < 4.78 is 4.75. The zero-order chi connectivity index (χ0) is 11.4. The Hall–Kier alpha value is -1.36. The van der Waals surface area contributed by atoms with E-state index in [-0.39, 0.29) is 11.9 Å². The summed E-state index contributed by atoms with van der Waals surface area (Å²) in [5, 5.41) is 0. The lowest BCUT2D eigenvalue weighted by atomic mass is 10.1. The van der Waals surface area contributed by atoms with Gasteiger partial charge in [0.25, 0.3) is 0 Å². The van der Waals surface area contributed by atoms with Crippen molar-refractivity contribution < 1.29 is 9.53 Å². The lowest BCUT2D eigenvalue weighted by Gasteiger charge is -2.14. The highest BCUT2D eigenvalue weighted by Crippen LogP contribution is 2.17. The third-order valence-corrected chi connectivity index (χ3v) is 3.06. The van der Waals surface area contributed by atoms with E-state index < -0.39 is 0 Å². The van der Waals surface area contributed by atoms with Gasteiger partial charge in [-0.25, -0.2) is 4.98 Å². The number of carbonyl (C=O) groups is 1. The van der Waals surface area contributed by atoms with Crippen LogP contribution >= 0.6 is 0 Å². The van der Waals surface area contributed by atoms with Crippen LogP contribution in [0.3, 0.4) is 0 Å². The van der Waals surface area contributed by atoms with E-state index in [1.165, 1.54) is 7.11 Å². The normalized spacial score (nSPS) is 21.2. The number of nitrogens with zero attached hydrogens (tertiary/aromatic N) is 2. The SMILES string of the molecule is COC(=O)C1CCN(CCc2cnc[nH]2)C1. The van der Waals surface area contributed by atoms with Crippen LogP contribution in [0.15, 0.2) is 12.5 Å². The molecule has 1 atom stereocenters. The Bertz CT molecular complexity index is 337. The average molecular weight is 223 g/mol. The van der Waals surface area contributed by atoms with Crippen LogP contribution in [-0.4, -0.2) is 47.6 Å². The monoisotopic (exact) mass is 223 g/mol. The molecule has 0 aromatic carbocycles. The number of rotatable bonds is 4. The first-order valence-electron chi connectivity index (χ1n) is 5.57. The molecule has 1 aliphatic rings. The highest BCUT2D eigenvalue weighted by molar-refractivity contribution is 5.72. The van der Waals surface area contributed by atoms with E-state index in [0.29, 0.717) is 0 Å². The second-order valence-corrected chi connectivity index (χ2v) is 4.14. The van der Waals surface area contributed by atoms with Crippen molar-refractivity contribution in [3.05, 3.63) is 18.2 Å². The summed E-state index contributed by atoms with van der Waals surface area (Å²) in [6.07, 6.45) is 5.40. The Morgan fingerprint density at radius 2 is 2.62 bits per heavy atom. The van der Waals surface area contributed by atoms with E-state index in [4.69, 9.17) is 4.74 Å². The van der Waals surface area contributed by atoms with Crippen molar-refractivity contribution in [2.24, 2.45) is 5.92 Å². The number of H-pyrrole nitrogens is 1. The first kappa shape index (κ1) is 11.1. The molecule has 88 valence electrons. The fourth-order valence-corrected chi connectivity index (χ4v) is 2.09. The molecular weight excluding hydrogens is 206 g/mol. The largest absolute Gasteiger partial charge is 0.469 e. The van der Waals surface area contributed by atoms with E-state index in [9.17, 15) is 4.79 Å². The van der Waals surface area contributed by atoms with Crippen LogP contribution < -0.4 is 0 Å². The number of methoxy groups -OCH3 is 1. The molecule has 2 heterocycles. The van der Waals surface area contributed by atoms with Crippen LogP contribution in [0.1, 0.15) is 12.1 Å². The molecular formula is C11H17N3O2. The molecule has 1 aliphatic heterocycles. The molecule has 16 heavy (non-hydrogen) atoms. The number of hydrogen-bond acceptors (Lipinski definition) is 4. The quantitative estimate of drug-likeness (QED) is 0.753. The zero-order valence-electron chi connectivity index (χ0n) is 9.48. The Balaban J connectivity index is 1.75. The van der Waals surface area contributed by atoms with Gasteiger partial charge in [-0.2, -0.15) is 0 Å². The highest BCUT2D eigenvalue weighted by Gasteiger charge is 2.28. The fraction of sp³-hybridized carbons (Fsp3) is 0.636. The maximum absolute atomic E-state index is 11.3. The van der Waals surface area contributed by atoms with Gasteiger partial charge in [-0.1, -0.05) is 0 Å². The molecule has 2 rings (SSSR count). The van der Waals surface area contributed by atoms with Gasteiger partial charge in [0.2, 0.25) is 0 Å². The molecule has 1 fully saturated rings. The van der Waals surface area contributed by atoms with E-state index in [2.05, 4.69) is 14.9 Å². The topological polar surface area (TPSA) is 58.2 Å². The number of nitrogens with one attached hydrogen (secondary N) is 1. The lowest BCUT2D eigenvalue weighted by Crippen LogP contribution is -2.26. The van der Waals surface area contributed by atoms with E-state index in [1.54, 1.807) is 6.33 Å². The predicted octanol–water partition coefficient (Wildman–Crippen LogP) is 0.447. The predicted molar refractivity (Wildman–Crippen MR) is 58.9 cm³/mol. The molecule has 0 bridgehead atoms. The number of aromatic nitrogens is 2.